The van der Waals surface area contributed by atoms with Crippen molar-refractivity contribution in [2.45, 2.75) is 6.42 Å². The second-order valence-electron chi connectivity index (χ2n) is 5.57. The Hall–Kier alpha value is -3.02. The van der Waals surface area contributed by atoms with E-state index in [1.165, 1.54) is 5.56 Å². The van der Waals surface area contributed by atoms with Crippen molar-refractivity contribution in [1.82, 2.24) is 9.97 Å². The van der Waals surface area contributed by atoms with Crippen molar-refractivity contribution in [3.8, 4) is 11.5 Å². The SMILES string of the molecule is CNc1ccc(CCNc2ncnc3cc(OC)c(OC)cc23)cc1. The minimum atomic E-state index is 0.657. The molecule has 3 rings (SSSR count). The van der Waals surface area contributed by atoms with Crippen molar-refractivity contribution in [1.29, 1.82) is 0 Å². The van der Waals surface area contributed by atoms with Crippen molar-refractivity contribution in [3.05, 3.63) is 48.3 Å². The first-order valence-electron chi connectivity index (χ1n) is 8.12. The number of fused-ring (bicyclic) bond motifs is 1. The molecule has 0 saturated carbocycles. The van der Waals surface area contributed by atoms with Gasteiger partial charge in [-0.15, -0.1) is 0 Å². The van der Waals surface area contributed by atoms with Gasteiger partial charge in [0.05, 0.1) is 19.7 Å². The monoisotopic (exact) mass is 338 g/mol. The van der Waals surface area contributed by atoms with Crippen LogP contribution in [-0.2, 0) is 6.42 Å². The third-order valence-electron chi connectivity index (χ3n) is 4.09. The lowest BCUT2D eigenvalue weighted by Crippen LogP contribution is -2.07. The summed E-state index contributed by atoms with van der Waals surface area (Å²) in [6, 6.07) is 12.2. The first kappa shape index (κ1) is 16.8. The fourth-order valence-electron chi connectivity index (χ4n) is 2.69. The molecule has 1 aromatic heterocycles. The standard InChI is InChI=1S/C19H22N4O2/c1-20-14-6-4-13(5-7-14)8-9-21-19-15-10-17(24-2)18(25-3)11-16(15)22-12-23-19/h4-7,10-12,20H,8-9H2,1-3H3,(H,21,22,23). The van der Waals surface area contributed by atoms with Gasteiger partial charge in [0.2, 0.25) is 0 Å². The molecule has 3 aromatic rings. The highest BCUT2D eigenvalue weighted by molar-refractivity contribution is 5.91. The Labute approximate surface area is 147 Å². The Bertz CT molecular complexity index is 850. The van der Waals surface area contributed by atoms with Crippen LogP contribution in [0.15, 0.2) is 42.7 Å². The number of hydrogen-bond donors (Lipinski definition) is 2. The Morgan fingerprint density at radius 3 is 2.36 bits per heavy atom. The average Bonchev–Trinajstić information content (AvgIpc) is 2.67. The summed E-state index contributed by atoms with van der Waals surface area (Å²) >= 11 is 0. The highest BCUT2D eigenvalue weighted by Gasteiger charge is 2.10. The molecule has 6 nitrogen and oxygen atoms in total. The fraction of sp³-hybridized carbons (Fsp3) is 0.263. The van der Waals surface area contributed by atoms with E-state index >= 15 is 0 Å². The number of benzene rings is 2. The Morgan fingerprint density at radius 2 is 1.68 bits per heavy atom. The van der Waals surface area contributed by atoms with E-state index in [0.717, 1.165) is 35.4 Å². The van der Waals surface area contributed by atoms with Crippen molar-refractivity contribution in [2.24, 2.45) is 0 Å². The highest BCUT2D eigenvalue weighted by Crippen LogP contribution is 2.33. The third-order valence-corrected chi connectivity index (χ3v) is 4.09. The van der Waals surface area contributed by atoms with Crippen LogP contribution in [0.5, 0.6) is 11.5 Å². The molecule has 0 aliphatic carbocycles. The number of hydrogen-bond acceptors (Lipinski definition) is 6. The molecule has 2 N–H and O–H groups in total. The maximum absolute atomic E-state index is 5.38. The summed E-state index contributed by atoms with van der Waals surface area (Å²) < 4.78 is 10.7. The minimum absolute atomic E-state index is 0.657. The molecule has 2 aromatic carbocycles. The van der Waals surface area contributed by atoms with Crippen molar-refractivity contribution >= 4 is 22.4 Å². The fourth-order valence-corrected chi connectivity index (χ4v) is 2.69. The van der Waals surface area contributed by atoms with E-state index in [4.69, 9.17) is 9.47 Å². The van der Waals surface area contributed by atoms with E-state index in [2.05, 4.69) is 44.9 Å². The molecule has 25 heavy (non-hydrogen) atoms. The predicted molar refractivity (Wildman–Crippen MR) is 101 cm³/mol. The van der Waals surface area contributed by atoms with E-state index < -0.39 is 0 Å². The van der Waals surface area contributed by atoms with Crippen LogP contribution in [0, 0.1) is 0 Å². The number of anilines is 2. The van der Waals surface area contributed by atoms with Gasteiger partial charge >= 0.3 is 0 Å². The Balaban J connectivity index is 1.76. The first-order chi connectivity index (χ1) is 12.2. The van der Waals surface area contributed by atoms with E-state index in [-0.39, 0.29) is 0 Å². The van der Waals surface area contributed by atoms with Gasteiger partial charge in [0.1, 0.15) is 12.1 Å². The van der Waals surface area contributed by atoms with Gasteiger partial charge in [0.25, 0.3) is 0 Å². The van der Waals surface area contributed by atoms with Gasteiger partial charge < -0.3 is 20.1 Å². The Morgan fingerprint density at radius 1 is 0.960 bits per heavy atom. The number of rotatable bonds is 7. The van der Waals surface area contributed by atoms with E-state index in [1.54, 1.807) is 20.5 Å². The molecule has 0 spiro atoms. The Kier molecular flexibility index (Phi) is 5.18. The summed E-state index contributed by atoms with van der Waals surface area (Å²) in [7, 11) is 5.15. The van der Waals surface area contributed by atoms with Gasteiger partial charge in [-0.25, -0.2) is 9.97 Å². The number of nitrogens with zero attached hydrogens (tertiary/aromatic N) is 2. The lowest BCUT2D eigenvalue weighted by Gasteiger charge is -2.12. The van der Waals surface area contributed by atoms with Gasteiger partial charge in [-0.3, -0.25) is 0 Å². The molecule has 0 atom stereocenters. The maximum Gasteiger partial charge on any atom is 0.162 e. The summed E-state index contributed by atoms with van der Waals surface area (Å²) in [5.41, 5.74) is 3.19. The molecule has 130 valence electrons. The molecule has 0 amide bonds. The van der Waals surface area contributed by atoms with Crippen LogP contribution in [-0.4, -0.2) is 37.8 Å². The first-order valence-corrected chi connectivity index (χ1v) is 8.12. The van der Waals surface area contributed by atoms with Crippen LogP contribution < -0.4 is 20.1 Å². The quantitative estimate of drug-likeness (QED) is 0.689. The van der Waals surface area contributed by atoms with E-state index in [9.17, 15) is 0 Å². The van der Waals surface area contributed by atoms with Gasteiger partial charge in [0, 0.05) is 30.7 Å². The van der Waals surface area contributed by atoms with Crippen molar-refractivity contribution in [3.63, 3.8) is 0 Å². The molecular weight excluding hydrogens is 316 g/mol. The predicted octanol–water partition coefficient (Wildman–Crippen LogP) is 3.34. The average molecular weight is 338 g/mol. The number of ether oxygens (including phenoxy) is 2. The number of nitrogens with one attached hydrogen (secondary N) is 2. The number of methoxy groups -OCH3 is 2. The van der Waals surface area contributed by atoms with Gasteiger partial charge in [0.15, 0.2) is 11.5 Å². The van der Waals surface area contributed by atoms with Crippen LogP contribution in [0.3, 0.4) is 0 Å². The second-order valence-corrected chi connectivity index (χ2v) is 5.57. The van der Waals surface area contributed by atoms with Crippen LogP contribution in [0.1, 0.15) is 5.56 Å². The molecule has 0 saturated heterocycles. The molecule has 1 heterocycles. The molecule has 0 bridgehead atoms. The van der Waals surface area contributed by atoms with Gasteiger partial charge in [-0.1, -0.05) is 12.1 Å². The summed E-state index contributed by atoms with van der Waals surface area (Å²) in [6.07, 6.45) is 2.46. The van der Waals surface area contributed by atoms with Gasteiger partial charge in [-0.05, 0) is 30.2 Å². The smallest absolute Gasteiger partial charge is 0.162 e. The molecule has 0 fully saturated rings. The van der Waals surface area contributed by atoms with Crippen molar-refractivity contribution in [2.75, 3.05) is 38.4 Å². The molecule has 0 unspecified atom stereocenters. The zero-order valence-corrected chi connectivity index (χ0v) is 14.7. The lowest BCUT2D eigenvalue weighted by atomic mass is 10.1. The van der Waals surface area contributed by atoms with E-state index in [1.807, 2.05) is 19.2 Å². The van der Waals surface area contributed by atoms with Crippen molar-refractivity contribution < 1.29 is 9.47 Å². The maximum atomic E-state index is 5.38. The molecule has 6 heteroatoms. The zero-order chi connectivity index (χ0) is 17.6. The van der Waals surface area contributed by atoms with Crippen LogP contribution in [0.4, 0.5) is 11.5 Å². The largest absolute Gasteiger partial charge is 0.493 e. The third kappa shape index (κ3) is 3.74. The van der Waals surface area contributed by atoms with Gasteiger partial charge in [-0.2, -0.15) is 0 Å². The second kappa shape index (κ2) is 7.70. The van der Waals surface area contributed by atoms with Crippen LogP contribution in [0.2, 0.25) is 0 Å². The normalized spacial score (nSPS) is 10.5. The summed E-state index contributed by atoms with van der Waals surface area (Å²) in [6.45, 7) is 0.777. The van der Waals surface area contributed by atoms with Crippen LogP contribution in [0.25, 0.3) is 10.9 Å². The molecule has 0 aliphatic heterocycles. The summed E-state index contributed by atoms with van der Waals surface area (Å²) in [5, 5.41) is 7.42. The molecular formula is C19H22N4O2. The van der Waals surface area contributed by atoms with E-state index in [0.29, 0.717) is 11.5 Å². The lowest BCUT2D eigenvalue weighted by molar-refractivity contribution is 0.356. The summed E-state index contributed by atoms with van der Waals surface area (Å²) in [5.74, 6) is 2.11. The zero-order valence-electron chi connectivity index (χ0n) is 14.7. The molecule has 0 aliphatic rings. The minimum Gasteiger partial charge on any atom is -0.493 e. The number of aromatic nitrogens is 2. The highest BCUT2D eigenvalue weighted by atomic mass is 16.5. The molecule has 0 radical (unpaired) electrons. The summed E-state index contributed by atoms with van der Waals surface area (Å²) in [4.78, 5) is 8.69. The topological polar surface area (TPSA) is 68.3 Å². The van der Waals surface area contributed by atoms with Crippen LogP contribution >= 0.6 is 0 Å².